The summed E-state index contributed by atoms with van der Waals surface area (Å²) >= 11 is 0. The molecule has 0 aliphatic carbocycles. The fourth-order valence-corrected chi connectivity index (χ4v) is 4.49. The Morgan fingerprint density at radius 2 is 1.53 bits per heavy atom. The van der Waals surface area contributed by atoms with Gasteiger partial charge < -0.3 is 54.4 Å². The first-order valence-corrected chi connectivity index (χ1v) is 12.8. The first-order chi connectivity index (χ1) is 20.5. The molecular weight excluding hydrogens is 568 g/mol. The van der Waals surface area contributed by atoms with E-state index in [0.29, 0.717) is 5.56 Å². The van der Waals surface area contributed by atoms with E-state index in [4.69, 9.17) is 18.6 Å². The minimum absolute atomic E-state index is 0.0181. The number of hydrogen-bond acceptors (Lipinski definition) is 13. The van der Waals surface area contributed by atoms with Crippen molar-refractivity contribution >= 4 is 23.0 Å². The van der Waals surface area contributed by atoms with Crippen LogP contribution >= 0.6 is 0 Å². The lowest BCUT2D eigenvalue weighted by Crippen LogP contribution is -2.61. The number of ether oxygens (including phenoxy) is 3. The predicted octanol–water partition coefficient (Wildman–Crippen LogP) is 1.73. The number of phenols is 4. The minimum atomic E-state index is -1.85. The Morgan fingerprint density at radius 1 is 0.884 bits per heavy atom. The topological polar surface area (TPSA) is 217 Å². The molecule has 0 bridgehead atoms. The van der Waals surface area contributed by atoms with Gasteiger partial charge in [0, 0.05) is 23.8 Å². The van der Waals surface area contributed by atoms with E-state index in [1.54, 1.807) is 0 Å². The molecule has 0 spiro atoms. The first-order valence-electron chi connectivity index (χ1n) is 12.8. The lowest BCUT2D eigenvalue weighted by atomic mass is 9.99. The molecule has 13 nitrogen and oxygen atoms in total. The third kappa shape index (κ3) is 6.10. The maximum atomic E-state index is 13.7. The molecule has 1 aliphatic rings. The van der Waals surface area contributed by atoms with Gasteiger partial charge in [0.1, 0.15) is 52.3 Å². The van der Waals surface area contributed by atoms with Crippen LogP contribution in [0.1, 0.15) is 5.56 Å². The van der Waals surface area contributed by atoms with Crippen LogP contribution in [0.2, 0.25) is 0 Å². The van der Waals surface area contributed by atoms with Crippen molar-refractivity contribution in [3.05, 3.63) is 82.5 Å². The van der Waals surface area contributed by atoms with Crippen molar-refractivity contribution in [3.8, 4) is 40.1 Å². The predicted molar refractivity (Wildman–Crippen MR) is 148 cm³/mol. The fraction of sp³-hybridized carbons (Fsp3) is 0.200. The highest BCUT2D eigenvalue weighted by Gasteiger charge is 2.48. The molecule has 5 atom stereocenters. The second-order valence-electron chi connectivity index (χ2n) is 9.63. The molecule has 1 aromatic heterocycles. The number of aliphatic hydroxyl groups is 3. The van der Waals surface area contributed by atoms with Crippen molar-refractivity contribution < 1.29 is 59.2 Å². The highest BCUT2D eigenvalue weighted by molar-refractivity contribution is 5.88. The Labute approximate surface area is 242 Å². The SMILES string of the molecule is O=C(/C=C\c1ccc(O)cc1)O[C@H]1[C@H](Oc2c(-c3ccc(O)cc3)oc3cc(O)cc(O)c3c2=O)O[C@H](CO)[C@@H](O)[C@@H]1O. The van der Waals surface area contributed by atoms with Crippen molar-refractivity contribution in [1.29, 1.82) is 0 Å². The highest BCUT2D eigenvalue weighted by atomic mass is 16.7. The van der Waals surface area contributed by atoms with Gasteiger partial charge in [0.15, 0.2) is 11.9 Å². The first kappa shape index (κ1) is 29.4. The monoisotopic (exact) mass is 594 g/mol. The van der Waals surface area contributed by atoms with Gasteiger partial charge in [0.05, 0.1) is 6.61 Å². The van der Waals surface area contributed by atoms with Crippen LogP contribution in [0.15, 0.2) is 76.0 Å². The number of aliphatic hydroxyl groups excluding tert-OH is 3. The zero-order valence-electron chi connectivity index (χ0n) is 22.1. The minimum Gasteiger partial charge on any atom is -0.508 e. The molecule has 5 rings (SSSR count). The largest absolute Gasteiger partial charge is 0.508 e. The third-order valence-electron chi connectivity index (χ3n) is 6.66. The highest BCUT2D eigenvalue weighted by Crippen LogP contribution is 2.37. The number of phenolic OH excluding ortho intramolecular Hbond substituents is 4. The van der Waals surface area contributed by atoms with Gasteiger partial charge >= 0.3 is 5.97 Å². The maximum absolute atomic E-state index is 13.7. The summed E-state index contributed by atoms with van der Waals surface area (Å²) in [5.74, 6) is -2.94. The van der Waals surface area contributed by atoms with Crippen molar-refractivity contribution in [2.75, 3.05) is 6.61 Å². The van der Waals surface area contributed by atoms with E-state index in [0.717, 1.165) is 18.2 Å². The van der Waals surface area contributed by atoms with E-state index in [2.05, 4.69) is 0 Å². The molecule has 0 saturated carbocycles. The molecule has 1 saturated heterocycles. The Morgan fingerprint density at radius 3 is 2.19 bits per heavy atom. The number of benzene rings is 3. The summed E-state index contributed by atoms with van der Waals surface area (Å²) in [6, 6.07) is 13.2. The normalized spacial score (nSPS) is 22.1. The molecule has 0 amide bonds. The summed E-state index contributed by atoms with van der Waals surface area (Å²) in [7, 11) is 0. The van der Waals surface area contributed by atoms with Gasteiger partial charge in [0.2, 0.25) is 17.5 Å². The number of hydrogen-bond donors (Lipinski definition) is 7. The zero-order chi connectivity index (χ0) is 30.8. The van der Waals surface area contributed by atoms with Crippen LogP contribution in [0, 0.1) is 0 Å². The van der Waals surface area contributed by atoms with Gasteiger partial charge in [-0.2, -0.15) is 0 Å². The van der Waals surface area contributed by atoms with Gasteiger partial charge in [0.25, 0.3) is 0 Å². The average molecular weight is 595 g/mol. The molecule has 13 heteroatoms. The fourth-order valence-electron chi connectivity index (χ4n) is 4.49. The molecule has 43 heavy (non-hydrogen) atoms. The number of carbonyl (C=O) groups is 1. The Hall–Kier alpha value is -5.08. The summed E-state index contributed by atoms with van der Waals surface area (Å²) < 4.78 is 22.7. The molecule has 4 aromatic rings. The van der Waals surface area contributed by atoms with Crippen LogP contribution in [-0.4, -0.2) is 79.0 Å². The molecule has 2 heterocycles. The van der Waals surface area contributed by atoms with Crippen molar-refractivity contribution in [3.63, 3.8) is 0 Å². The molecule has 1 aliphatic heterocycles. The van der Waals surface area contributed by atoms with Gasteiger partial charge in [-0.25, -0.2) is 4.79 Å². The molecule has 0 radical (unpaired) electrons. The summed E-state index contributed by atoms with van der Waals surface area (Å²) in [5.41, 5.74) is -0.422. The lowest BCUT2D eigenvalue weighted by molar-refractivity contribution is -0.281. The van der Waals surface area contributed by atoms with Crippen molar-refractivity contribution in [2.45, 2.75) is 30.7 Å². The Kier molecular flexibility index (Phi) is 8.23. The lowest BCUT2D eigenvalue weighted by Gasteiger charge is -2.41. The third-order valence-corrected chi connectivity index (χ3v) is 6.66. The van der Waals surface area contributed by atoms with Crippen molar-refractivity contribution in [1.82, 2.24) is 0 Å². The molecule has 224 valence electrons. The standard InChI is InChI=1S/C30H26O13/c31-13-21-24(37)26(39)29(42-22(36)10-3-14-1-6-16(32)7-2-14)30(41-21)43-28-25(38)23-19(35)11-18(34)12-20(23)40-27(28)15-4-8-17(33)9-5-15/h1-12,21,24,26,29-35,37,39H,13H2/b10-3-/t21-,24-,26+,29-,30+/m1/s1. The number of aromatic hydroxyl groups is 4. The van der Waals surface area contributed by atoms with Crippen LogP contribution in [0.4, 0.5) is 0 Å². The van der Waals surface area contributed by atoms with Gasteiger partial charge in [-0.05, 0) is 48.0 Å². The molecule has 7 N–H and O–H groups in total. The molecule has 0 unspecified atom stereocenters. The van der Waals surface area contributed by atoms with Gasteiger partial charge in [-0.1, -0.05) is 12.1 Å². The summed E-state index contributed by atoms with van der Waals surface area (Å²) in [5, 5.41) is 70.2. The van der Waals surface area contributed by atoms with Crippen molar-refractivity contribution in [2.24, 2.45) is 0 Å². The van der Waals surface area contributed by atoms with E-state index in [1.165, 1.54) is 54.6 Å². The molecule has 3 aromatic carbocycles. The van der Waals surface area contributed by atoms with Crippen LogP contribution in [0.25, 0.3) is 28.4 Å². The van der Waals surface area contributed by atoms with Gasteiger partial charge in [-0.15, -0.1) is 0 Å². The summed E-state index contributed by atoms with van der Waals surface area (Å²) in [6.45, 7) is -0.781. The average Bonchev–Trinajstić information content (AvgIpc) is 2.97. The smallest absolute Gasteiger partial charge is 0.331 e. The van der Waals surface area contributed by atoms with E-state index in [-0.39, 0.29) is 33.8 Å². The van der Waals surface area contributed by atoms with Crippen LogP contribution < -0.4 is 10.2 Å². The molecule has 1 fully saturated rings. The number of rotatable bonds is 7. The second kappa shape index (κ2) is 12.0. The zero-order valence-corrected chi connectivity index (χ0v) is 22.1. The van der Waals surface area contributed by atoms with Gasteiger partial charge in [-0.3, -0.25) is 4.79 Å². The summed E-state index contributed by atoms with van der Waals surface area (Å²) in [6.07, 6.45) is -6.16. The van der Waals surface area contributed by atoms with E-state index in [1.807, 2.05) is 0 Å². The quantitative estimate of drug-likeness (QED) is 0.120. The van der Waals surface area contributed by atoms with E-state index in [9.17, 15) is 45.3 Å². The Balaban J connectivity index is 1.55. The Bertz CT molecular complexity index is 1710. The maximum Gasteiger partial charge on any atom is 0.331 e. The van der Waals surface area contributed by atoms with E-state index >= 15 is 0 Å². The van der Waals surface area contributed by atoms with Crippen LogP contribution in [-0.2, 0) is 14.3 Å². The second-order valence-corrected chi connectivity index (χ2v) is 9.63. The van der Waals surface area contributed by atoms with Crippen LogP contribution in [0.5, 0.6) is 28.7 Å². The number of fused-ring (bicyclic) bond motifs is 1. The summed E-state index contributed by atoms with van der Waals surface area (Å²) in [4.78, 5) is 26.4. The number of esters is 1. The molecular formula is C30H26O13. The van der Waals surface area contributed by atoms with Crippen LogP contribution in [0.3, 0.4) is 0 Å². The number of carbonyl (C=O) groups excluding carboxylic acids is 1. The van der Waals surface area contributed by atoms with E-state index < -0.39 is 66.0 Å².